The van der Waals surface area contributed by atoms with E-state index in [2.05, 4.69) is 0 Å². The second kappa shape index (κ2) is 5.69. The third kappa shape index (κ3) is 2.22. The number of hydrogen-bond donors (Lipinski definition) is 0. The van der Waals surface area contributed by atoms with E-state index in [0.29, 0.717) is 0 Å². The highest BCUT2D eigenvalue weighted by atomic mass is 19.4. The van der Waals surface area contributed by atoms with E-state index < -0.39 is 59.2 Å². The van der Waals surface area contributed by atoms with E-state index in [1.807, 2.05) is 0 Å². The maximum absolute atomic E-state index is 14.2. The largest absolute Gasteiger partial charge is 0.457 e. The topological polar surface area (TPSA) is 0 Å². The van der Waals surface area contributed by atoms with E-state index in [1.165, 1.54) is 0 Å². The average Bonchev–Trinajstić information content (AvgIpc) is 2.48. The van der Waals surface area contributed by atoms with Crippen LogP contribution < -0.4 is 0 Å². The summed E-state index contributed by atoms with van der Waals surface area (Å²) >= 11 is 0. The van der Waals surface area contributed by atoms with Crippen LogP contribution >= 0.6 is 0 Å². The third-order valence-corrected chi connectivity index (χ3v) is 4.10. The molecular formula is C10F20. The van der Waals surface area contributed by atoms with Gasteiger partial charge in [0.05, 0.1) is 0 Å². The Labute approximate surface area is 148 Å². The van der Waals surface area contributed by atoms with Gasteiger partial charge in [0.15, 0.2) is 0 Å². The Kier molecular flexibility index (Phi) is 5.05. The van der Waals surface area contributed by atoms with Crippen LogP contribution in [0.15, 0.2) is 0 Å². The molecule has 1 rings (SSSR count). The summed E-state index contributed by atoms with van der Waals surface area (Å²) in [5, 5.41) is 0. The molecule has 1 fully saturated rings. The minimum Gasteiger partial charge on any atom is -0.226 e. The summed E-state index contributed by atoms with van der Waals surface area (Å²) in [7, 11) is 0. The minimum absolute atomic E-state index is 8.28. The van der Waals surface area contributed by atoms with Crippen molar-refractivity contribution in [3.63, 3.8) is 0 Å². The number of rotatable bonds is 2. The van der Waals surface area contributed by atoms with E-state index in [1.54, 1.807) is 0 Å². The fourth-order valence-electron chi connectivity index (χ4n) is 2.44. The lowest BCUT2D eigenvalue weighted by Crippen LogP contribution is -2.92. The van der Waals surface area contributed by atoms with Gasteiger partial charge in [0.1, 0.15) is 0 Å². The fraction of sp³-hybridized carbons (Fsp3) is 1.00. The molecule has 0 heterocycles. The molecule has 0 aromatic rings. The van der Waals surface area contributed by atoms with E-state index in [0.717, 1.165) is 0 Å². The van der Waals surface area contributed by atoms with Gasteiger partial charge in [-0.05, 0) is 0 Å². The van der Waals surface area contributed by atoms with Gasteiger partial charge in [0.2, 0.25) is 0 Å². The van der Waals surface area contributed by atoms with Gasteiger partial charge in [0, 0.05) is 0 Å². The van der Waals surface area contributed by atoms with Gasteiger partial charge in [-0.3, -0.25) is 0 Å². The van der Waals surface area contributed by atoms with Gasteiger partial charge >= 0.3 is 53.6 Å². The molecule has 0 bridgehead atoms. The van der Waals surface area contributed by atoms with Crippen molar-refractivity contribution in [3.8, 4) is 0 Å². The molecule has 1 aliphatic carbocycles. The van der Waals surface area contributed by atoms with E-state index in [9.17, 15) is 87.8 Å². The Hall–Kier alpha value is -1.40. The highest BCUT2D eigenvalue weighted by molar-refractivity contribution is 5.35. The average molecular weight is 500 g/mol. The van der Waals surface area contributed by atoms with Crippen LogP contribution in [0.2, 0.25) is 0 Å². The summed E-state index contributed by atoms with van der Waals surface area (Å²) in [6.07, 6.45) is -17.1. The van der Waals surface area contributed by atoms with Crippen molar-refractivity contribution < 1.29 is 87.8 Å². The van der Waals surface area contributed by atoms with Crippen molar-refractivity contribution in [1.29, 1.82) is 0 Å². The molecule has 0 aromatic heterocycles. The summed E-state index contributed by atoms with van der Waals surface area (Å²) in [6, 6.07) is 0. The molecule has 20 heteroatoms. The number of halogens is 20. The quantitative estimate of drug-likeness (QED) is 0.388. The first-order chi connectivity index (χ1) is 12.5. The van der Waals surface area contributed by atoms with E-state index >= 15 is 0 Å². The van der Waals surface area contributed by atoms with E-state index in [-0.39, 0.29) is 0 Å². The number of alkyl halides is 20. The molecule has 0 radical (unpaired) electrons. The predicted octanol–water partition coefficient (Wildman–Crippen LogP) is 6.35. The van der Waals surface area contributed by atoms with Crippen LogP contribution in [0.1, 0.15) is 0 Å². The minimum atomic E-state index is -9.35. The maximum atomic E-state index is 14.2. The van der Waals surface area contributed by atoms with Crippen molar-refractivity contribution in [2.24, 2.45) is 0 Å². The summed E-state index contributed by atoms with van der Waals surface area (Å²) in [6.45, 7) is 0. The highest BCUT2D eigenvalue weighted by Crippen LogP contribution is 2.76. The van der Waals surface area contributed by atoms with Gasteiger partial charge in [0.25, 0.3) is 5.67 Å². The molecule has 0 nitrogen and oxygen atoms in total. The normalized spacial score (nSPS) is 29.2. The van der Waals surface area contributed by atoms with Crippen LogP contribution in [0.3, 0.4) is 0 Å². The predicted molar refractivity (Wildman–Crippen MR) is 49.5 cm³/mol. The first-order valence-electron chi connectivity index (χ1n) is 6.28. The molecular weight excluding hydrogens is 500 g/mol. The monoisotopic (exact) mass is 500 g/mol. The summed E-state index contributed by atoms with van der Waals surface area (Å²) in [5.41, 5.74) is -18.7. The van der Waals surface area contributed by atoms with Gasteiger partial charge in [-0.1, -0.05) is 0 Å². The van der Waals surface area contributed by atoms with Crippen LogP contribution in [-0.4, -0.2) is 59.2 Å². The first-order valence-corrected chi connectivity index (χ1v) is 6.28. The van der Waals surface area contributed by atoms with Gasteiger partial charge in [-0.15, -0.1) is 0 Å². The lowest BCUT2D eigenvalue weighted by atomic mass is 9.62. The smallest absolute Gasteiger partial charge is 0.226 e. The summed E-state index contributed by atoms with van der Waals surface area (Å²) in [4.78, 5) is 0. The van der Waals surface area contributed by atoms with Crippen molar-refractivity contribution in [2.75, 3.05) is 0 Å². The molecule has 180 valence electrons. The maximum Gasteiger partial charge on any atom is 0.457 e. The molecule has 30 heavy (non-hydrogen) atoms. The molecule has 0 aromatic carbocycles. The van der Waals surface area contributed by atoms with Crippen LogP contribution in [0.4, 0.5) is 87.8 Å². The second-order valence-electron chi connectivity index (χ2n) is 5.76. The molecule has 0 N–H and O–H groups in total. The van der Waals surface area contributed by atoms with Gasteiger partial charge < -0.3 is 0 Å². The Morgan fingerprint density at radius 2 is 0.567 bits per heavy atom. The van der Waals surface area contributed by atoms with Crippen LogP contribution in [-0.2, 0) is 0 Å². The second-order valence-corrected chi connectivity index (χ2v) is 5.76. The molecule has 1 unspecified atom stereocenters. The Bertz CT molecular complexity index is 661. The number of hydrogen-bond acceptors (Lipinski definition) is 0. The SMILES string of the molecule is FC(F)(F)C(F)(F)C(F)(C(F)(F)F)C1(F)C(F)(F)C(F)(F)C(F)(F)C(F)(F)C1(F)F. The highest BCUT2D eigenvalue weighted by Gasteiger charge is 3.09. The first kappa shape index (κ1) is 26.6. The summed E-state index contributed by atoms with van der Waals surface area (Å²) in [5.74, 6) is -52.2. The zero-order valence-corrected chi connectivity index (χ0v) is 12.6. The Balaban J connectivity index is 4.39. The molecule has 1 aliphatic rings. The van der Waals surface area contributed by atoms with Crippen molar-refractivity contribution >= 4 is 0 Å². The summed E-state index contributed by atoms with van der Waals surface area (Å²) < 4.78 is 260. The zero-order chi connectivity index (χ0) is 25.0. The molecule has 0 saturated heterocycles. The molecule has 0 amide bonds. The standard InChI is InChI=1S/C10F20/c11-1(2(12,9(25,26)27)5(17,18)10(28,29)30)3(13,14)6(19,20)8(23,24)7(21,22)4(1,15)16. The van der Waals surface area contributed by atoms with Crippen LogP contribution in [0.25, 0.3) is 0 Å². The van der Waals surface area contributed by atoms with Crippen LogP contribution in [0.5, 0.6) is 0 Å². The Morgan fingerprint density at radius 1 is 0.333 bits per heavy atom. The lowest BCUT2D eigenvalue weighted by Gasteiger charge is -2.57. The molecule has 1 atom stereocenters. The van der Waals surface area contributed by atoms with Crippen molar-refractivity contribution in [3.05, 3.63) is 0 Å². The third-order valence-electron chi connectivity index (χ3n) is 4.10. The van der Waals surface area contributed by atoms with Crippen molar-refractivity contribution in [1.82, 2.24) is 0 Å². The Morgan fingerprint density at radius 3 is 0.767 bits per heavy atom. The molecule has 1 saturated carbocycles. The fourth-order valence-corrected chi connectivity index (χ4v) is 2.44. The molecule has 0 spiro atoms. The van der Waals surface area contributed by atoms with Crippen LogP contribution in [0, 0.1) is 0 Å². The van der Waals surface area contributed by atoms with Gasteiger partial charge in [-0.2, -0.15) is 79.0 Å². The van der Waals surface area contributed by atoms with Gasteiger partial charge in [-0.25, -0.2) is 8.78 Å². The zero-order valence-electron chi connectivity index (χ0n) is 12.6. The van der Waals surface area contributed by atoms with E-state index in [4.69, 9.17) is 0 Å². The van der Waals surface area contributed by atoms with Crippen molar-refractivity contribution in [2.45, 2.75) is 59.2 Å². The lowest BCUT2D eigenvalue weighted by molar-refractivity contribution is -0.529. The molecule has 0 aliphatic heterocycles.